The predicted molar refractivity (Wildman–Crippen MR) is 175 cm³/mol. The van der Waals surface area contributed by atoms with Crippen LogP contribution in [0.15, 0.2) is 67.0 Å². The van der Waals surface area contributed by atoms with Crippen molar-refractivity contribution in [1.82, 2.24) is 4.57 Å². The first kappa shape index (κ1) is 29.7. The number of nitrogens with one attached hydrogen (secondary N) is 1. The van der Waals surface area contributed by atoms with Crippen molar-refractivity contribution in [1.29, 1.82) is 0 Å². The van der Waals surface area contributed by atoms with Crippen LogP contribution in [0, 0.1) is 6.92 Å². The van der Waals surface area contributed by atoms with Gasteiger partial charge in [-0.05, 0) is 76.8 Å². The summed E-state index contributed by atoms with van der Waals surface area (Å²) in [4.78, 5) is 0. The molecule has 0 radical (unpaired) electrons. The molecule has 4 aromatic rings. The van der Waals surface area contributed by atoms with Crippen LogP contribution in [-0.2, 0) is 7.05 Å². The third kappa shape index (κ3) is 5.64. The van der Waals surface area contributed by atoms with Gasteiger partial charge in [0.2, 0.25) is 0 Å². The summed E-state index contributed by atoms with van der Waals surface area (Å²) in [6.45, 7) is 23.2. The van der Waals surface area contributed by atoms with E-state index in [1.165, 1.54) is 50.4 Å². The van der Waals surface area contributed by atoms with Crippen molar-refractivity contribution >= 4 is 23.7 Å². The number of aryl methyl sites for hydroxylation is 2. The number of nitrogens with zero attached hydrogens (tertiary/aromatic N) is 2. The van der Waals surface area contributed by atoms with Gasteiger partial charge in [-0.2, -0.15) is 0 Å². The Labute approximate surface area is 243 Å². The lowest BCUT2D eigenvalue weighted by atomic mass is 9.53. The fraction of sp³-hybridized carbons (Fsp3) is 0.417. The Morgan fingerprint density at radius 1 is 0.700 bits per heavy atom. The highest BCUT2D eigenvalue weighted by atomic mass is 15.1. The van der Waals surface area contributed by atoms with Gasteiger partial charge in [0.1, 0.15) is 12.4 Å². The summed E-state index contributed by atoms with van der Waals surface area (Å²) in [6.07, 6.45) is 4.47. The van der Waals surface area contributed by atoms with Gasteiger partial charge in [-0.1, -0.05) is 104 Å². The average Bonchev–Trinajstić information content (AvgIpc) is 3.28. The summed E-state index contributed by atoms with van der Waals surface area (Å²) in [5.74, 6) is 2.99. The standard InChI is InChI=1S/C36H48BN3/c1-23(2)28-16-13-17-29(24(3)4)34(28)37(10)40-22-21-39(11)36(40)33-27(9)15-12-20-32(33)38-35-30(25(5)6)18-14-19-31(35)26(7)8/h12-26H,1-11H3/p+1. The maximum atomic E-state index is 3.97. The quantitative estimate of drug-likeness (QED) is 0.213. The van der Waals surface area contributed by atoms with Crippen molar-refractivity contribution in [2.24, 2.45) is 7.05 Å². The molecule has 0 aliphatic carbocycles. The first-order valence-corrected chi connectivity index (χ1v) is 15.1. The normalized spacial score (nSPS) is 11.8. The number of hydrogen-bond acceptors (Lipinski definition) is 1. The number of rotatable bonds is 9. The van der Waals surface area contributed by atoms with Crippen LogP contribution in [-0.4, -0.2) is 11.4 Å². The molecule has 3 nitrogen and oxygen atoms in total. The molecule has 0 aliphatic heterocycles. The molecule has 210 valence electrons. The highest BCUT2D eigenvalue weighted by molar-refractivity contribution is 6.65. The maximum absolute atomic E-state index is 3.97. The van der Waals surface area contributed by atoms with Gasteiger partial charge >= 0.3 is 6.85 Å². The Morgan fingerprint density at radius 3 is 1.68 bits per heavy atom. The van der Waals surface area contributed by atoms with E-state index in [1.54, 1.807) is 0 Å². The molecular weight excluding hydrogens is 485 g/mol. The van der Waals surface area contributed by atoms with Gasteiger partial charge < -0.3 is 5.32 Å². The SMILES string of the molecule is CB(c1c(C(C)C)cccc1C(C)C)[n+]1ccn(C)c1-c1c(C)cccc1Nc1c(C(C)C)cccc1C(C)C. The van der Waals surface area contributed by atoms with E-state index in [0.717, 1.165) is 5.69 Å². The molecule has 0 saturated carbocycles. The minimum Gasteiger partial charge on any atom is -0.354 e. The lowest BCUT2D eigenvalue weighted by molar-refractivity contribution is -0.521. The van der Waals surface area contributed by atoms with Crippen LogP contribution in [0.4, 0.5) is 11.4 Å². The van der Waals surface area contributed by atoms with Crippen LogP contribution in [0.1, 0.15) is 107 Å². The van der Waals surface area contributed by atoms with E-state index in [2.05, 4.69) is 158 Å². The lowest BCUT2D eigenvalue weighted by Crippen LogP contribution is -2.59. The predicted octanol–water partition coefficient (Wildman–Crippen LogP) is 8.90. The van der Waals surface area contributed by atoms with Crippen LogP contribution in [0.25, 0.3) is 11.4 Å². The fourth-order valence-electron chi connectivity index (χ4n) is 6.24. The van der Waals surface area contributed by atoms with Crippen LogP contribution in [0.3, 0.4) is 0 Å². The van der Waals surface area contributed by atoms with Crippen molar-refractivity contribution in [3.63, 3.8) is 0 Å². The van der Waals surface area contributed by atoms with Crippen LogP contribution < -0.4 is 15.3 Å². The summed E-state index contributed by atoms with van der Waals surface area (Å²) < 4.78 is 4.77. The Balaban J connectivity index is 1.93. The molecule has 0 saturated heterocycles. The number of benzene rings is 3. The van der Waals surface area contributed by atoms with Gasteiger partial charge in [0, 0.05) is 5.69 Å². The van der Waals surface area contributed by atoms with Crippen molar-refractivity contribution < 1.29 is 4.48 Å². The minimum atomic E-state index is 0.189. The summed E-state index contributed by atoms with van der Waals surface area (Å²) >= 11 is 0. The molecule has 3 aromatic carbocycles. The summed E-state index contributed by atoms with van der Waals surface area (Å²) in [5, 5.41) is 3.97. The van der Waals surface area contributed by atoms with Crippen LogP contribution in [0.2, 0.25) is 6.82 Å². The largest absolute Gasteiger partial charge is 0.409 e. The number of hydrogen-bond donors (Lipinski definition) is 1. The topological polar surface area (TPSA) is 20.8 Å². The molecule has 1 N–H and O–H groups in total. The molecular formula is C36H49BN3+. The zero-order valence-corrected chi connectivity index (χ0v) is 26.6. The van der Waals surface area contributed by atoms with E-state index in [0.29, 0.717) is 23.7 Å². The molecule has 0 atom stereocenters. The zero-order valence-electron chi connectivity index (χ0n) is 26.6. The Kier molecular flexibility index (Phi) is 8.97. The smallest absolute Gasteiger partial charge is 0.354 e. The monoisotopic (exact) mass is 534 g/mol. The molecule has 1 heterocycles. The lowest BCUT2D eigenvalue weighted by Gasteiger charge is -2.23. The van der Waals surface area contributed by atoms with Crippen molar-refractivity contribution in [2.75, 3.05) is 5.32 Å². The van der Waals surface area contributed by atoms with Crippen molar-refractivity contribution in [2.45, 2.75) is 92.8 Å². The summed E-state index contributed by atoms with van der Waals surface area (Å²) in [6, 6.07) is 20.3. The molecule has 40 heavy (non-hydrogen) atoms. The summed E-state index contributed by atoms with van der Waals surface area (Å²) in [5.41, 5.74) is 12.0. The number of imidazole rings is 1. The Bertz CT molecular complexity index is 1420. The van der Waals surface area contributed by atoms with Crippen LogP contribution >= 0.6 is 0 Å². The number of aromatic nitrogens is 2. The van der Waals surface area contributed by atoms with E-state index < -0.39 is 0 Å². The van der Waals surface area contributed by atoms with E-state index in [-0.39, 0.29) is 6.85 Å². The van der Waals surface area contributed by atoms with E-state index in [9.17, 15) is 0 Å². The molecule has 1 aromatic heterocycles. The second-order valence-electron chi connectivity index (χ2n) is 12.7. The minimum absolute atomic E-state index is 0.189. The molecule has 0 aliphatic rings. The number of anilines is 2. The maximum Gasteiger partial charge on any atom is 0.409 e. The molecule has 0 amide bonds. The van der Waals surface area contributed by atoms with Crippen molar-refractivity contribution in [3.05, 3.63) is 94.8 Å². The molecule has 0 fully saturated rings. The number of para-hydroxylation sites is 1. The van der Waals surface area contributed by atoms with E-state index >= 15 is 0 Å². The van der Waals surface area contributed by atoms with E-state index in [4.69, 9.17) is 0 Å². The first-order chi connectivity index (χ1) is 18.9. The molecule has 4 heteroatoms. The van der Waals surface area contributed by atoms with Gasteiger partial charge in [-0.25, -0.2) is 4.57 Å². The third-order valence-electron chi connectivity index (χ3n) is 8.41. The summed E-state index contributed by atoms with van der Waals surface area (Å²) in [7, 11) is 2.17. The van der Waals surface area contributed by atoms with E-state index in [1.807, 2.05) is 0 Å². The Morgan fingerprint density at radius 2 is 1.18 bits per heavy atom. The highest BCUT2D eigenvalue weighted by Crippen LogP contribution is 2.38. The van der Waals surface area contributed by atoms with Crippen LogP contribution in [0.5, 0.6) is 0 Å². The second-order valence-corrected chi connectivity index (χ2v) is 12.7. The molecule has 0 bridgehead atoms. The zero-order chi connectivity index (χ0) is 29.3. The molecule has 4 rings (SSSR count). The first-order valence-electron chi connectivity index (χ1n) is 15.1. The van der Waals surface area contributed by atoms with Gasteiger partial charge in [-0.3, -0.25) is 4.48 Å². The fourth-order valence-corrected chi connectivity index (χ4v) is 6.24. The Hall–Kier alpha value is -3.27. The van der Waals surface area contributed by atoms with Gasteiger partial charge in [0.05, 0.1) is 18.3 Å². The average molecular weight is 535 g/mol. The van der Waals surface area contributed by atoms with Crippen molar-refractivity contribution in [3.8, 4) is 11.4 Å². The third-order valence-corrected chi connectivity index (χ3v) is 8.41. The van der Waals surface area contributed by atoms with Gasteiger partial charge in [0.25, 0.3) is 5.82 Å². The van der Waals surface area contributed by atoms with Gasteiger partial charge in [0.15, 0.2) is 0 Å². The van der Waals surface area contributed by atoms with Gasteiger partial charge in [-0.15, -0.1) is 0 Å². The molecule has 0 spiro atoms. The molecule has 0 unspecified atom stereocenters. The second kappa shape index (κ2) is 12.1. The highest BCUT2D eigenvalue weighted by Gasteiger charge is 2.33.